The van der Waals surface area contributed by atoms with Crippen LogP contribution in [0.15, 0.2) is 370 Å². The second kappa shape index (κ2) is 23.1. The number of hydrogen-bond donors (Lipinski definition) is 1. The standard InChI is InChI=1S/C86H62N4O/c91-86(80-49-29-28-48-75(80)62-30-10-1-11-31-62)84-61-74(90(69-44-24-8-25-45-69)70-46-26-9-27-47-70)53-57-79(84)78-56-52-73(89(67-40-20-6-21-41-67)68-42-22-7-23-43-68)60-83(78)85(86)81-58-71(87(63-32-12-2-13-33-63)64-34-14-3-15-35-64)50-54-76(81)77-55-51-72(59-82(77)85)88(65-36-16-4-17-37-65)66-38-18-5-19-39-66/h1-61,91H. The molecular weight excluding hydrogens is 1100 g/mol. The summed E-state index contributed by atoms with van der Waals surface area (Å²) in [7, 11) is 0. The van der Waals surface area contributed by atoms with Gasteiger partial charge >= 0.3 is 0 Å². The molecule has 2 aliphatic carbocycles. The van der Waals surface area contributed by atoms with Gasteiger partial charge in [0, 0.05) is 68.2 Å². The first-order valence-electron chi connectivity index (χ1n) is 31.1. The molecule has 14 aromatic carbocycles. The minimum atomic E-state index is -1.92. The number of para-hydroxylation sites is 8. The first kappa shape index (κ1) is 54.6. The molecule has 0 radical (unpaired) electrons. The van der Waals surface area contributed by atoms with Gasteiger partial charge in [0.2, 0.25) is 0 Å². The van der Waals surface area contributed by atoms with Gasteiger partial charge in [-0.1, -0.05) is 224 Å². The SMILES string of the molecule is OC1(c2ccccc2-c2ccccc2)c2cc(N(c3ccccc3)c3ccccc3)ccc2-c2ccc(N(c3ccccc3)c3ccccc3)cc2C12c1cc(N(c3ccccc3)c3ccccc3)ccc1-c1ccc(N(c3ccccc3)c3ccccc3)cc12. The van der Waals surface area contributed by atoms with E-state index in [0.717, 1.165) is 129 Å². The maximum Gasteiger partial charge on any atom is 0.134 e. The van der Waals surface area contributed by atoms with Crippen LogP contribution in [0.4, 0.5) is 68.2 Å². The van der Waals surface area contributed by atoms with Gasteiger partial charge in [-0.2, -0.15) is 0 Å². The Balaban J connectivity index is 1.10. The van der Waals surface area contributed by atoms with Crippen molar-refractivity contribution in [2.24, 2.45) is 0 Å². The van der Waals surface area contributed by atoms with Gasteiger partial charge in [-0.3, -0.25) is 0 Å². The van der Waals surface area contributed by atoms with Crippen molar-refractivity contribution in [2.75, 3.05) is 19.6 Å². The Bertz CT molecular complexity index is 4590. The highest BCUT2D eigenvalue weighted by molar-refractivity contribution is 5.98. The smallest absolute Gasteiger partial charge is 0.134 e. The van der Waals surface area contributed by atoms with Gasteiger partial charge in [0.25, 0.3) is 0 Å². The van der Waals surface area contributed by atoms with Crippen LogP contribution in [0, 0.1) is 0 Å². The molecule has 1 atom stereocenters. The Hall–Kier alpha value is -11.8. The van der Waals surface area contributed by atoms with E-state index in [2.05, 4.69) is 390 Å². The van der Waals surface area contributed by atoms with Gasteiger partial charge in [-0.25, -0.2) is 0 Å². The fraction of sp³-hybridized carbons (Fsp3) is 0.0233. The third-order valence-electron chi connectivity index (χ3n) is 18.3. The summed E-state index contributed by atoms with van der Waals surface area (Å²) in [6.07, 6.45) is 0. The number of fused-ring (bicyclic) bond motifs is 9. The quantitative estimate of drug-likeness (QED) is 0.117. The molecule has 91 heavy (non-hydrogen) atoms. The van der Waals surface area contributed by atoms with Gasteiger partial charge < -0.3 is 24.7 Å². The summed E-state index contributed by atoms with van der Waals surface area (Å²) in [5, 5.41) is 16.7. The largest absolute Gasteiger partial charge is 0.379 e. The maximum atomic E-state index is 16.7. The van der Waals surface area contributed by atoms with Crippen molar-refractivity contribution in [3.8, 4) is 33.4 Å². The van der Waals surface area contributed by atoms with Crippen molar-refractivity contribution in [2.45, 2.75) is 11.0 Å². The van der Waals surface area contributed by atoms with Crippen LogP contribution in [-0.4, -0.2) is 5.11 Å². The molecule has 16 rings (SSSR count). The second-order valence-electron chi connectivity index (χ2n) is 23.3. The van der Waals surface area contributed by atoms with E-state index in [1.807, 2.05) is 0 Å². The molecule has 432 valence electrons. The predicted molar refractivity (Wildman–Crippen MR) is 377 cm³/mol. The van der Waals surface area contributed by atoms with E-state index in [4.69, 9.17) is 0 Å². The fourth-order valence-electron chi connectivity index (χ4n) is 14.5. The summed E-state index contributed by atoms with van der Waals surface area (Å²) in [5.41, 5.74) is 18.8. The predicted octanol–water partition coefficient (Wildman–Crippen LogP) is 22.5. The monoisotopic (exact) mass is 1170 g/mol. The summed E-state index contributed by atoms with van der Waals surface area (Å²) < 4.78 is 0. The lowest BCUT2D eigenvalue weighted by Crippen LogP contribution is -2.53. The van der Waals surface area contributed by atoms with Crippen molar-refractivity contribution in [1.82, 2.24) is 0 Å². The van der Waals surface area contributed by atoms with Crippen LogP contribution >= 0.6 is 0 Å². The Morgan fingerprint density at radius 1 is 0.176 bits per heavy atom. The van der Waals surface area contributed by atoms with Crippen LogP contribution in [0.3, 0.4) is 0 Å². The Kier molecular flexibility index (Phi) is 13.8. The van der Waals surface area contributed by atoms with Crippen LogP contribution in [0.5, 0.6) is 0 Å². The van der Waals surface area contributed by atoms with E-state index in [0.29, 0.717) is 0 Å². The minimum Gasteiger partial charge on any atom is -0.379 e. The van der Waals surface area contributed by atoms with Crippen LogP contribution in [0.25, 0.3) is 33.4 Å². The zero-order valence-electron chi connectivity index (χ0n) is 50.0. The van der Waals surface area contributed by atoms with Gasteiger partial charge in [-0.05, 0) is 207 Å². The molecule has 0 aromatic heterocycles. The van der Waals surface area contributed by atoms with E-state index in [-0.39, 0.29) is 0 Å². The summed E-state index contributed by atoms with van der Waals surface area (Å²) in [4.78, 5) is 9.36. The summed E-state index contributed by atoms with van der Waals surface area (Å²) in [5.74, 6) is 0. The van der Waals surface area contributed by atoms with Gasteiger partial charge in [0.15, 0.2) is 0 Å². The molecule has 1 spiro atoms. The van der Waals surface area contributed by atoms with Crippen LogP contribution < -0.4 is 19.6 Å². The highest BCUT2D eigenvalue weighted by atomic mass is 16.3. The lowest BCUT2D eigenvalue weighted by atomic mass is 9.51. The van der Waals surface area contributed by atoms with Gasteiger partial charge in [0.05, 0.1) is 5.41 Å². The van der Waals surface area contributed by atoms with Gasteiger partial charge in [-0.15, -0.1) is 0 Å². The summed E-state index contributed by atoms with van der Waals surface area (Å²) in [6, 6.07) is 132. The van der Waals surface area contributed by atoms with Crippen LogP contribution in [0.2, 0.25) is 0 Å². The fourth-order valence-corrected chi connectivity index (χ4v) is 14.5. The topological polar surface area (TPSA) is 33.2 Å². The number of nitrogens with zero attached hydrogens (tertiary/aromatic N) is 4. The minimum absolute atomic E-state index is 0.769. The first-order chi connectivity index (χ1) is 45.1. The van der Waals surface area contributed by atoms with Crippen LogP contribution in [-0.2, 0) is 11.0 Å². The van der Waals surface area contributed by atoms with Crippen molar-refractivity contribution in [1.29, 1.82) is 0 Å². The number of hydrogen-bond acceptors (Lipinski definition) is 5. The Morgan fingerprint density at radius 3 is 0.670 bits per heavy atom. The van der Waals surface area contributed by atoms with Gasteiger partial charge in [0.1, 0.15) is 5.60 Å². The van der Waals surface area contributed by atoms with E-state index < -0.39 is 11.0 Å². The van der Waals surface area contributed by atoms with Crippen molar-refractivity contribution >= 4 is 68.2 Å². The molecule has 5 heteroatoms. The maximum absolute atomic E-state index is 16.7. The Morgan fingerprint density at radius 2 is 0.396 bits per heavy atom. The third-order valence-corrected chi connectivity index (χ3v) is 18.3. The number of aliphatic hydroxyl groups is 1. The normalized spacial score (nSPS) is 13.9. The molecule has 0 amide bonds. The highest BCUT2D eigenvalue weighted by Crippen LogP contribution is 2.69. The molecule has 0 saturated heterocycles. The van der Waals surface area contributed by atoms with Crippen LogP contribution in [0.1, 0.15) is 27.8 Å². The number of benzene rings is 14. The van der Waals surface area contributed by atoms with Crippen molar-refractivity contribution < 1.29 is 5.11 Å². The lowest BCUT2D eigenvalue weighted by Gasteiger charge is -2.53. The van der Waals surface area contributed by atoms with Crippen molar-refractivity contribution in [3.63, 3.8) is 0 Å². The van der Waals surface area contributed by atoms with E-state index in [9.17, 15) is 0 Å². The lowest BCUT2D eigenvalue weighted by molar-refractivity contribution is 0.0291. The number of rotatable bonds is 14. The molecule has 1 N–H and O–H groups in total. The number of anilines is 12. The zero-order chi connectivity index (χ0) is 60.7. The average molecular weight is 1170 g/mol. The average Bonchev–Trinajstić information content (AvgIpc) is 1.60. The van der Waals surface area contributed by atoms with Crippen molar-refractivity contribution in [3.05, 3.63) is 398 Å². The molecule has 2 aliphatic rings. The molecule has 0 aliphatic heterocycles. The summed E-state index contributed by atoms with van der Waals surface area (Å²) in [6.45, 7) is 0. The molecule has 0 heterocycles. The Labute approximate surface area is 532 Å². The molecule has 14 aromatic rings. The third kappa shape index (κ3) is 9.21. The van der Waals surface area contributed by atoms with E-state index in [1.165, 1.54) is 0 Å². The van der Waals surface area contributed by atoms with E-state index >= 15 is 5.11 Å². The molecule has 0 saturated carbocycles. The molecular formula is C86H62N4O. The molecule has 0 fully saturated rings. The van der Waals surface area contributed by atoms with E-state index in [1.54, 1.807) is 0 Å². The molecule has 0 bridgehead atoms. The summed E-state index contributed by atoms with van der Waals surface area (Å²) >= 11 is 0. The second-order valence-corrected chi connectivity index (χ2v) is 23.3. The highest BCUT2D eigenvalue weighted by Gasteiger charge is 2.64. The molecule has 1 unspecified atom stereocenters. The zero-order valence-corrected chi connectivity index (χ0v) is 50.0. The first-order valence-corrected chi connectivity index (χ1v) is 31.1. The molecule has 5 nitrogen and oxygen atoms in total.